The number of hydrogen-bond donors (Lipinski definition) is 2. The van der Waals surface area contributed by atoms with E-state index in [1.807, 2.05) is 19.2 Å². The highest BCUT2D eigenvalue weighted by Gasteiger charge is 2.12. The lowest BCUT2D eigenvalue weighted by atomic mass is 10.1. The summed E-state index contributed by atoms with van der Waals surface area (Å²) in [5.74, 6) is 1.78. The van der Waals surface area contributed by atoms with Gasteiger partial charge in [0.25, 0.3) is 0 Å². The van der Waals surface area contributed by atoms with Gasteiger partial charge in [-0.15, -0.1) is 24.0 Å². The number of ether oxygens (including phenoxy) is 1. The first-order valence-electron chi connectivity index (χ1n) is 9.31. The zero-order valence-corrected chi connectivity index (χ0v) is 19.5. The zero-order valence-electron chi connectivity index (χ0n) is 17.2. The van der Waals surface area contributed by atoms with Crippen molar-refractivity contribution in [3.05, 3.63) is 29.8 Å². The molecule has 0 aromatic heterocycles. The van der Waals surface area contributed by atoms with Crippen molar-refractivity contribution in [2.45, 2.75) is 52.6 Å². The molecular formula is C20H37IN4O. The van der Waals surface area contributed by atoms with E-state index in [-0.39, 0.29) is 24.0 Å². The molecule has 1 aromatic carbocycles. The predicted octanol–water partition coefficient (Wildman–Crippen LogP) is 3.53. The number of guanidine groups is 1. The van der Waals surface area contributed by atoms with E-state index in [1.165, 1.54) is 5.56 Å². The Morgan fingerprint density at radius 1 is 1.04 bits per heavy atom. The molecule has 0 spiro atoms. The minimum absolute atomic E-state index is 0. The first-order valence-corrected chi connectivity index (χ1v) is 9.31. The summed E-state index contributed by atoms with van der Waals surface area (Å²) >= 11 is 0. The van der Waals surface area contributed by atoms with Crippen molar-refractivity contribution in [2.24, 2.45) is 4.99 Å². The van der Waals surface area contributed by atoms with Crippen LogP contribution in [0, 0.1) is 0 Å². The molecule has 1 aromatic rings. The summed E-state index contributed by atoms with van der Waals surface area (Å²) in [5, 5.41) is 6.79. The number of rotatable bonds is 10. The second kappa shape index (κ2) is 14.1. The van der Waals surface area contributed by atoms with Gasteiger partial charge in [-0.25, -0.2) is 0 Å². The molecule has 0 radical (unpaired) electrons. The smallest absolute Gasteiger partial charge is 0.191 e. The summed E-state index contributed by atoms with van der Waals surface area (Å²) < 4.78 is 5.18. The summed E-state index contributed by atoms with van der Waals surface area (Å²) in [4.78, 5) is 6.78. The molecule has 0 aliphatic carbocycles. The molecule has 1 rings (SSSR count). The highest BCUT2D eigenvalue weighted by Crippen LogP contribution is 2.12. The van der Waals surface area contributed by atoms with Crippen LogP contribution in [0.1, 0.15) is 39.7 Å². The van der Waals surface area contributed by atoms with E-state index in [0.717, 1.165) is 44.2 Å². The Morgan fingerprint density at radius 3 is 2.12 bits per heavy atom. The van der Waals surface area contributed by atoms with Crippen LogP contribution in [0.4, 0.5) is 0 Å². The van der Waals surface area contributed by atoms with E-state index in [2.05, 4.69) is 60.4 Å². The summed E-state index contributed by atoms with van der Waals surface area (Å²) in [7, 11) is 3.51. The van der Waals surface area contributed by atoms with Crippen molar-refractivity contribution in [1.29, 1.82) is 0 Å². The van der Waals surface area contributed by atoms with Crippen molar-refractivity contribution < 1.29 is 4.74 Å². The molecule has 0 saturated heterocycles. The van der Waals surface area contributed by atoms with Crippen LogP contribution in [-0.2, 0) is 6.42 Å². The number of benzene rings is 1. The van der Waals surface area contributed by atoms with Crippen LogP contribution in [0.3, 0.4) is 0 Å². The van der Waals surface area contributed by atoms with E-state index in [9.17, 15) is 0 Å². The van der Waals surface area contributed by atoms with Gasteiger partial charge in [0.2, 0.25) is 0 Å². The lowest BCUT2D eigenvalue weighted by molar-refractivity contribution is 0.178. The predicted molar refractivity (Wildman–Crippen MR) is 123 cm³/mol. The van der Waals surface area contributed by atoms with Gasteiger partial charge in [0.15, 0.2) is 5.96 Å². The van der Waals surface area contributed by atoms with Gasteiger partial charge in [-0.3, -0.25) is 9.89 Å². The fourth-order valence-electron chi connectivity index (χ4n) is 2.93. The molecule has 6 heteroatoms. The van der Waals surface area contributed by atoms with E-state index in [4.69, 9.17) is 4.74 Å². The number of hydrogen-bond acceptors (Lipinski definition) is 3. The number of halogens is 1. The Morgan fingerprint density at radius 2 is 1.62 bits per heavy atom. The van der Waals surface area contributed by atoms with Gasteiger partial charge in [-0.2, -0.15) is 0 Å². The average Bonchev–Trinajstić information content (AvgIpc) is 2.60. The topological polar surface area (TPSA) is 48.9 Å². The maximum Gasteiger partial charge on any atom is 0.191 e. The van der Waals surface area contributed by atoms with Gasteiger partial charge in [0.1, 0.15) is 5.75 Å². The summed E-state index contributed by atoms with van der Waals surface area (Å²) in [6.45, 7) is 11.8. The summed E-state index contributed by atoms with van der Waals surface area (Å²) in [5.41, 5.74) is 1.33. The normalized spacial score (nSPS) is 11.7. The molecule has 0 aliphatic heterocycles. The third-order valence-corrected chi connectivity index (χ3v) is 4.31. The zero-order chi connectivity index (χ0) is 18.7. The van der Waals surface area contributed by atoms with Gasteiger partial charge in [-0.05, 0) is 58.2 Å². The SMILES string of the molecule is CN=C(NCCCc1ccc(OC)cc1)NCCN(C(C)C)C(C)C.I. The largest absolute Gasteiger partial charge is 0.497 e. The van der Waals surface area contributed by atoms with Crippen LogP contribution in [0.15, 0.2) is 29.3 Å². The molecule has 0 atom stereocenters. The van der Waals surface area contributed by atoms with Crippen molar-refractivity contribution in [2.75, 3.05) is 33.8 Å². The molecule has 0 amide bonds. The molecule has 0 heterocycles. The van der Waals surface area contributed by atoms with Gasteiger partial charge in [0, 0.05) is 38.8 Å². The number of methoxy groups -OCH3 is 1. The summed E-state index contributed by atoms with van der Waals surface area (Å²) in [6.07, 6.45) is 2.11. The third kappa shape index (κ3) is 9.62. The Kier molecular flexibility index (Phi) is 13.5. The lowest BCUT2D eigenvalue weighted by Gasteiger charge is -2.30. The Balaban J connectivity index is 0.00000625. The Hall–Kier alpha value is -1.02. The molecular weight excluding hydrogens is 439 g/mol. The van der Waals surface area contributed by atoms with Crippen LogP contribution in [0.25, 0.3) is 0 Å². The molecule has 0 saturated carbocycles. The van der Waals surface area contributed by atoms with Crippen LogP contribution >= 0.6 is 24.0 Å². The number of nitrogens with one attached hydrogen (secondary N) is 2. The highest BCUT2D eigenvalue weighted by molar-refractivity contribution is 14.0. The molecule has 0 fully saturated rings. The van der Waals surface area contributed by atoms with Gasteiger partial charge in [-0.1, -0.05) is 12.1 Å². The quantitative estimate of drug-likeness (QED) is 0.235. The molecule has 26 heavy (non-hydrogen) atoms. The second-order valence-electron chi connectivity index (χ2n) is 6.80. The molecule has 2 N–H and O–H groups in total. The first kappa shape index (κ1) is 25.0. The molecule has 0 bridgehead atoms. The maximum absolute atomic E-state index is 5.18. The lowest BCUT2D eigenvalue weighted by Crippen LogP contribution is -2.45. The molecule has 150 valence electrons. The van der Waals surface area contributed by atoms with Crippen molar-refractivity contribution >= 4 is 29.9 Å². The van der Waals surface area contributed by atoms with Crippen LogP contribution in [-0.4, -0.2) is 56.7 Å². The monoisotopic (exact) mass is 476 g/mol. The standard InChI is InChI=1S/C20H36N4O.HI/c1-16(2)24(17(3)4)15-14-23-20(21-5)22-13-7-8-18-9-11-19(25-6)12-10-18;/h9-12,16-17H,7-8,13-15H2,1-6H3,(H2,21,22,23);1H. The summed E-state index contributed by atoms with van der Waals surface area (Å²) in [6, 6.07) is 9.38. The van der Waals surface area contributed by atoms with Crippen LogP contribution < -0.4 is 15.4 Å². The third-order valence-electron chi connectivity index (χ3n) is 4.31. The Labute approximate surface area is 177 Å². The van der Waals surface area contributed by atoms with Gasteiger partial charge >= 0.3 is 0 Å². The van der Waals surface area contributed by atoms with Crippen molar-refractivity contribution in [3.63, 3.8) is 0 Å². The second-order valence-corrected chi connectivity index (χ2v) is 6.80. The fourth-order valence-corrected chi connectivity index (χ4v) is 2.93. The molecule has 0 unspecified atom stereocenters. The van der Waals surface area contributed by atoms with Gasteiger partial charge < -0.3 is 15.4 Å². The average molecular weight is 476 g/mol. The molecule has 0 aliphatic rings. The van der Waals surface area contributed by atoms with E-state index >= 15 is 0 Å². The van der Waals surface area contributed by atoms with Crippen molar-refractivity contribution in [3.8, 4) is 5.75 Å². The number of aryl methyl sites for hydroxylation is 1. The van der Waals surface area contributed by atoms with Crippen molar-refractivity contribution in [1.82, 2.24) is 15.5 Å². The highest BCUT2D eigenvalue weighted by atomic mass is 127. The van der Waals surface area contributed by atoms with Crippen LogP contribution in [0.2, 0.25) is 0 Å². The first-order chi connectivity index (χ1) is 12.0. The van der Waals surface area contributed by atoms with Crippen LogP contribution in [0.5, 0.6) is 5.75 Å². The molecule has 5 nitrogen and oxygen atoms in total. The Bertz CT molecular complexity index is 495. The van der Waals surface area contributed by atoms with E-state index < -0.39 is 0 Å². The minimum Gasteiger partial charge on any atom is -0.497 e. The van der Waals surface area contributed by atoms with E-state index in [1.54, 1.807) is 7.11 Å². The van der Waals surface area contributed by atoms with Gasteiger partial charge in [0.05, 0.1) is 7.11 Å². The number of nitrogens with zero attached hydrogens (tertiary/aromatic N) is 2. The fraction of sp³-hybridized carbons (Fsp3) is 0.650. The maximum atomic E-state index is 5.18. The number of aliphatic imine (C=N–C) groups is 1. The minimum atomic E-state index is 0. The van der Waals surface area contributed by atoms with E-state index in [0.29, 0.717) is 12.1 Å².